The summed E-state index contributed by atoms with van der Waals surface area (Å²) in [4.78, 5) is 0. The van der Waals surface area contributed by atoms with Gasteiger partial charge in [-0.1, -0.05) is 22.9 Å². The van der Waals surface area contributed by atoms with Gasteiger partial charge in [-0.05, 0) is 31.4 Å². The first kappa shape index (κ1) is 24.0. The molecule has 2 fully saturated rings. The summed E-state index contributed by atoms with van der Waals surface area (Å²) in [6, 6.07) is 3.99. The molecular formula is C24H28F2N4O5. The fourth-order valence-electron chi connectivity index (χ4n) is 4.84. The molecule has 0 radical (unpaired) electrons. The number of aliphatic hydroxyl groups is 2. The van der Waals surface area contributed by atoms with Gasteiger partial charge in [0.1, 0.15) is 35.8 Å². The van der Waals surface area contributed by atoms with Crippen molar-refractivity contribution in [3.05, 3.63) is 53.0 Å². The molecule has 0 bridgehead atoms. The molecule has 1 aliphatic heterocycles. The van der Waals surface area contributed by atoms with E-state index in [1.807, 2.05) is 6.07 Å². The molecule has 5 rings (SSSR count). The number of aryl methyl sites for hydroxylation is 1. The summed E-state index contributed by atoms with van der Waals surface area (Å²) >= 11 is 0. The summed E-state index contributed by atoms with van der Waals surface area (Å²) in [7, 11) is 1.48. The minimum Gasteiger partial charge on any atom is -0.394 e. The van der Waals surface area contributed by atoms with E-state index in [1.165, 1.54) is 43.5 Å². The van der Waals surface area contributed by atoms with E-state index in [0.29, 0.717) is 18.0 Å². The lowest BCUT2D eigenvalue weighted by atomic mass is 9.83. The summed E-state index contributed by atoms with van der Waals surface area (Å²) in [6.45, 7) is 1.04. The molecule has 1 aliphatic carbocycles. The van der Waals surface area contributed by atoms with E-state index in [9.17, 15) is 19.0 Å². The van der Waals surface area contributed by atoms with E-state index in [2.05, 4.69) is 15.5 Å². The summed E-state index contributed by atoms with van der Waals surface area (Å²) in [5, 5.41) is 33.1. The number of aliphatic hydroxyl groups excluding tert-OH is 2. The van der Waals surface area contributed by atoms with Crippen LogP contribution in [0.2, 0.25) is 0 Å². The maximum atomic E-state index is 14.5. The maximum absolute atomic E-state index is 14.5. The lowest BCUT2D eigenvalue weighted by Crippen LogP contribution is -2.57. The van der Waals surface area contributed by atoms with Crippen LogP contribution in [0.5, 0.6) is 0 Å². The molecular weight excluding hydrogens is 462 g/mol. The van der Waals surface area contributed by atoms with Gasteiger partial charge in [0, 0.05) is 31.1 Å². The lowest BCUT2D eigenvalue weighted by molar-refractivity contribution is -0.212. The third kappa shape index (κ3) is 4.37. The molecule has 2 aromatic heterocycles. The summed E-state index contributed by atoms with van der Waals surface area (Å²) < 4.78 is 47.2. The number of hydrogen-bond donors (Lipinski definition) is 2. The highest BCUT2D eigenvalue weighted by Gasteiger charge is 2.47. The van der Waals surface area contributed by atoms with Gasteiger partial charge in [0.25, 0.3) is 0 Å². The van der Waals surface area contributed by atoms with Crippen molar-refractivity contribution in [1.29, 1.82) is 0 Å². The predicted molar refractivity (Wildman–Crippen MR) is 118 cm³/mol. The Morgan fingerprint density at radius 3 is 2.69 bits per heavy atom. The quantitative estimate of drug-likeness (QED) is 0.520. The van der Waals surface area contributed by atoms with E-state index in [4.69, 9.17) is 14.0 Å². The van der Waals surface area contributed by atoms with Gasteiger partial charge in [-0.15, -0.1) is 5.10 Å². The second-order valence-electron chi connectivity index (χ2n) is 9.27. The van der Waals surface area contributed by atoms with E-state index >= 15 is 0 Å². The number of rotatable bonds is 7. The first-order valence-electron chi connectivity index (χ1n) is 11.7. The molecule has 0 spiro atoms. The number of methoxy groups -OCH3 is 1. The third-order valence-electron chi connectivity index (χ3n) is 7.10. The summed E-state index contributed by atoms with van der Waals surface area (Å²) in [5.41, 5.74) is 0.923. The van der Waals surface area contributed by atoms with Crippen LogP contribution in [0.15, 0.2) is 28.9 Å². The Morgan fingerprint density at radius 2 is 2.00 bits per heavy atom. The molecule has 0 amide bonds. The molecule has 3 heterocycles. The largest absolute Gasteiger partial charge is 0.394 e. The molecule has 188 valence electrons. The Hall–Kier alpha value is -2.73. The van der Waals surface area contributed by atoms with Gasteiger partial charge in [-0.2, -0.15) is 0 Å². The Labute approximate surface area is 200 Å². The first-order valence-corrected chi connectivity index (χ1v) is 11.7. The Bertz CT molecular complexity index is 1180. The number of nitrogens with zero attached hydrogens (tertiary/aromatic N) is 4. The van der Waals surface area contributed by atoms with Gasteiger partial charge in [0.2, 0.25) is 0 Å². The Kier molecular flexibility index (Phi) is 6.67. The van der Waals surface area contributed by atoms with Crippen molar-refractivity contribution in [2.75, 3.05) is 13.7 Å². The van der Waals surface area contributed by atoms with Crippen molar-refractivity contribution in [3.63, 3.8) is 0 Å². The zero-order valence-electron chi connectivity index (χ0n) is 19.5. The summed E-state index contributed by atoms with van der Waals surface area (Å²) in [6.07, 6.45) is 1.68. The zero-order valence-corrected chi connectivity index (χ0v) is 19.5. The fourth-order valence-corrected chi connectivity index (χ4v) is 4.84. The number of hydrogen-bond acceptors (Lipinski definition) is 8. The van der Waals surface area contributed by atoms with Crippen LogP contribution in [0.1, 0.15) is 48.2 Å². The number of ether oxygens (including phenoxy) is 2. The average molecular weight is 491 g/mol. The van der Waals surface area contributed by atoms with Crippen LogP contribution in [0.25, 0.3) is 11.3 Å². The van der Waals surface area contributed by atoms with Crippen molar-refractivity contribution in [1.82, 2.24) is 20.2 Å². The van der Waals surface area contributed by atoms with Crippen LogP contribution < -0.4 is 0 Å². The minimum atomic E-state index is -1.20. The van der Waals surface area contributed by atoms with Crippen molar-refractivity contribution < 1.29 is 33.0 Å². The highest BCUT2D eigenvalue weighted by atomic mass is 19.2. The monoisotopic (exact) mass is 490 g/mol. The highest BCUT2D eigenvalue weighted by Crippen LogP contribution is 2.38. The van der Waals surface area contributed by atoms with Crippen LogP contribution in [-0.4, -0.2) is 68.5 Å². The first-order chi connectivity index (χ1) is 16.9. The molecule has 35 heavy (non-hydrogen) atoms. The fraction of sp³-hybridized carbons (Fsp3) is 0.542. The van der Waals surface area contributed by atoms with Crippen molar-refractivity contribution in [2.45, 2.75) is 69.0 Å². The second kappa shape index (κ2) is 9.73. The van der Waals surface area contributed by atoms with E-state index in [-0.39, 0.29) is 16.8 Å². The molecule has 2 N–H and O–H groups in total. The van der Waals surface area contributed by atoms with Crippen LogP contribution in [0, 0.1) is 18.6 Å². The highest BCUT2D eigenvalue weighted by molar-refractivity contribution is 5.59. The standard InChI is InChI=1S/C24H28F2N4O5/c1-12-6-7-15(21(26)20(12)25)16-10-30(29-27-16)22-23(32)19(11-31)34-18(24(22)33-2)9-14-8-17(35-28-14)13-4-3-5-13/h6-8,10,13,18-19,22-24,31-32H,3-5,9,11H2,1-2H3/t18-,19-,22+,23+,24+/m1/s1. The van der Waals surface area contributed by atoms with Gasteiger partial charge in [-0.3, -0.25) is 0 Å². The molecule has 2 aliphatic rings. The molecule has 11 heteroatoms. The number of halogens is 2. The lowest BCUT2D eigenvalue weighted by Gasteiger charge is -2.43. The molecule has 9 nitrogen and oxygen atoms in total. The van der Waals surface area contributed by atoms with Gasteiger partial charge < -0.3 is 24.2 Å². The SMILES string of the molecule is CO[C@@H]1[C@@H](n2cc(-c3ccc(C)c(F)c3F)nn2)[C@@H](O)[C@@H](CO)O[C@@H]1Cc1cc(C2CCC2)on1. The molecule has 3 aromatic rings. The molecule has 0 unspecified atom stereocenters. The predicted octanol–water partition coefficient (Wildman–Crippen LogP) is 2.71. The van der Waals surface area contributed by atoms with Crippen LogP contribution >= 0.6 is 0 Å². The van der Waals surface area contributed by atoms with Gasteiger partial charge in [0.15, 0.2) is 11.6 Å². The minimum absolute atomic E-state index is 0.0451. The molecule has 1 saturated heterocycles. The average Bonchev–Trinajstić information content (AvgIpc) is 3.47. The van der Waals surface area contributed by atoms with Crippen molar-refractivity contribution in [3.8, 4) is 11.3 Å². The molecule has 1 saturated carbocycles. The zero-order chi connectivity index (χ0) is 24.7. The Morgan fingerprint density at radius 1 is 1.20 bits per heavy atom. The molecule has 1 aromatic carbocycles. The normalized spacial score (nSPS) is 27.2. The van der Waals surface area contributed by atoms with Crippen LogP contribution in [0.4, 0.5) is 8.78 Å². The van der Waals surface area contributed by atoms with Crippen molar-refractivity contribution in [2.24, 2.45) is 0 Å². The van der Waals surface area contributed by atoms with Crippen molar-refractivity contribution >= 4 is 0 Å². The van der Waals surface area contributed by atoms with E-state index < -0.39 is 48.7 Å². The number of benzene rings is 1. The van der Waals surface area contributed by atoms with Gasteiger partial charge in [0.05, 0.1) is 24.6 Å². The smallest absolute Gasteiger partial charge is 0.168 e. The van der Waals surface area contributed by atoms with E-state index in [1.54, 1.807) is 0 Å². The maximum Gasteiger partial charge on any atom is 0.168 e. The Balaban J connectivity index is 1.43. The topological polar surface area (TPSA) is 116 Å². The van der Waals surface area contributed by atoms with Crippen LogP contribution in [-0.2, 0) is 15.9 Å². The van der Waals surface area contributed by atoms with Gasteiger partial charge >= 0.3 is 0 Å². The second-order valence-corrected chi connectivity index (χ2v) is 9.27. The molecule has 5 atom stereocenters. The van der Waals surface area contributed by atoms with Gasteiger partial charge in [-0.25, -0.2) is 13.5 Å². The third-order valence-corrected chi connectivity index (χ3v) is 7.10. The summed E-state index contributed by atoms with van der Waals surface area (Å²) in [5.74, 6) is -0.735. The van der Waals surface area contributed by atoms with E-state index in [0.717, 1.165) is 18.6 Å². The number of aromatic nitrogens is 4. The van der Waals surface area contributed by atoms with Crippen LogP contribution in [0.3, 0.4) is 0 Å².